The molecule has 2 rings (SSSR count). The lowest BCUT2D eigenvalue weighted by Gasteiger charge is -2.07. The predicted molar refractivity (Wildman–Crippen MR) is 80.8 cm³/mol. The molecule has 5 nitrogen and oxygen atoms in total. The second-order valence-electron chi connectivity index (χ2n) is 4.65. The number of benzene rings is 1. The molecule has 0 bridgehead atoms. The van der Waals surface area contributed by atoms with Crippen LogP contribution in [0.25, 0.3) is 0 Å². The third-order valence-corrected chi connectivity index (χ3v) is 2.81. The Kier molecular flexibility index (Phi) is 5.04. The van der Waals surface area contributed by atoms with Gasteiger partial charge in [0.15, 0.2) is 0 Å². The largest absolute Gasteiger partial charge is 0.347 e. The van der Waals surface area contributed by atoms with Crippen molar-refractivity contribution in [3.05, 3.63) is 59.8 Å². The second kappa shape index (κ2) is 7.19. The van der Waals surface area contributed by atoms with E-state index in [0.717, 1.165) is 11.3 Å². The van der Waals surface area contributed by atoms with Crippen LogP contribution in [-0.2, 0) is 16.0 Å². The number of nitrogens with one attached hydrogen (secondary N) is 2. The van der Waals surface area contributed by atoms with Crippen molar-refractivity contribution in [1.82, 2.24) is 10.3 Å². The fourth-order valence-corrected chi connectivity index (χ4v) is 1.82. The van der Waals surface area contributed by atoms with Crippen LogP contribution in [0.5, 0.6) is 0 Å². The smallest absolute Gasteiger partial charge is 0.244 e. The molecule has 0 saturated carbocycles. The van der Waals surface area contributed by atoms with Gasteiger partial charge in [-0.3, -0.25) is 9.59 Å². The first-order valence-electron chi connectivity index (χ1n) is 6.67. The molecule has 1 aromatic heterocycles. The number of hydrogen-bond acceptors (Lipinski definition) is 3. The quantitative estimate of drug-likeness (QED) is 0.877. The van der Waals surface area contributed by atoms with Crippen molar-refractivity contribution in [3.63, 3.8) is 0 Å². The summed E-state index contributed by atoms with van der Waals surface area (Å²) >= 11 is 0. The van der Waals surface area contributed by atoms with Crippen molar-refractivity contribution < 1.29 is 9.59 Å². The van der Waals surface area contributed by atoms with Crippen molar-refractivity contribution >= 4 is 17.6 Å². The molecule has 2 N–H and O–H groups in total. The molecule has 21 heavy (non-hydrogen) atoms. The van der Waals surface area contributed by atoms with Gasteiger partial charge in [-0.15, -0.1) is 0 Å². The van der Waals surface area contributed by atoms with E-state index in [9.17, 15) is 9.59 Å². The van der Waals surface area contributed by atoms with E-state index in [1.807, 2.05) is 49.4 Å². The minimum atomic E-state index is -0.297. The highest BCUT2D eigenvalue weighted by Gasteiger charge is 2.07. The number of rotatable bonds is 5. The zero-order valence-corrected chi connectivity index (χ0v) is 11.8. The molecule has 0 fully saturated rings. The molecule has 2 aromatic rings. The Bertz CT molecular complexity index is 626. The molecule has 5 heteroatoms. The average molecular weight is 283 g/mol. The van der Waals surface area contributed by atoms with Crippen molar-refractivity contribution in [3.8, 4) is 0 Å². The first-order valence-corrected chi connectivity index (χ1v) is 6.67. The normalized spacial score (nSPS) is 9.95. The zero-order chi connectivity index (χ0) is 15.1. The Morgan fingerprint density at radius 1 is 1.00 bits per heavy atom. The van der Waals surface area contributed by atoms with Gasteiger partial charge in [-0.2, -0.15) is 0 Å². The summed E-state index contributed by atoms with van der Waals surface area (Å²) in [6.07, 6.45) is 0.261. The van der Waals surface area contributed by atoms with E-state index in [0.29, 0.717) is 5.82 Å². The summed E-state index contributed by atoms with van der Waals surface area (Å²) in [5.74, 6) is 0.000344. The van der Waals surface area contributed by atoms with Gasteiger partial charge in [-0.25, -0.2) is 4.98 Å². The topological polar surface area (TPSA) is 71.1 Å². The Balaban J connectivity index is 1.77. The maximum absolute atomic E-state index is 11.7. The lowest BCUT2D eigenvalue weighted by Crippen LogP contribution is -2.33. The molecule has 0 aliphatic carbocycles. The summed E-state index contributed by atoms with van der Waals surface area (Å²) in [6.45, 7) is 1.78. The number of hydrogen-bond donors (Lipinski definition) is 2. The van der Waals surface area contributed by atoms with E-state index in [2.05, 4.69) is 15.6 Å². The minimum Gasteiger partial charge on any atom is -0.347 e. The maximum Gasteiger partial charge on any atom is 0.244 e. The molecule has 0 saturated heterocycles. The molecule has 0 radical (unpaired) electrons. The Labute approximate surface area is 123 Å². The van der Waals surface area contributed by atoms with Gasteiger partial charge < -0.3 is 10.6 Å². The van der Waals surface area contributed by atoms with Gasteiger partial charge in [0.2, 0.25) is 11.8 Å². The van der Waals surface area contributed by atoms with Crippen molar-refractivity contribution in [2.75, 3.05) is 11.9 Å². The monoisotopic (exact) mass is 283 g/mol. The number of amides is 2. The summed E-state index contributed by atoms with van der Waals surface area (Å²) in [7, 11) is 0. The Hall–Kier alpha value is -2.69. The molecule has 0 spiro atoms. The van der Waals surface area contributed by atoms with Crippen LogP contribution < -0.4 is 10.6 Å². The second-order valence-corrected chi connectivity index (χ2v) is 4.65. The van der Waals surface area contributed by atoms with E-state index in [-0.39, 0.29) is 24.8 Å². The first-order chi connectivity index (χ1) is 10.1. The van der Waals surface area contributed by atoms with Crippen LogP contribution >= 0.6 is 0 Å². The van der Waals surface area contributed by atoms with Crippen LogP contribution in [0, 0.1) is 6.92 Å². The molecule has 0 aliphatic heterocycles. The SMILES string of the molecule is Cc1cccc(NC(=O)CNC(=O)Cc2ccccc2)n1. The first kappa shape index (κ1) is 14.7. The average Bonchev–Trinajstić information content (AvgIpc) is 2.46. The third kappa shape index (κ3) is 5.06. The van der Waals surface area contributed by atoms with E-state index < -0.39 is 0 Å². The number of carbonyl (C=O) groups excluding carboxylic acids is 2. The van der Waals surface area contributed by atoms with E-state index >= 15 is 0 Å². The molecule has 2 amide bonds. The number of carbonyl (C=O) groups is 2. The molecule has 0 unspecified atom stereocenters. The van der Waals surface area contributed by atoms with E-state index in [4.69, 9.17) is 0 Å². The van der Waals surface area contributed by atoms with Crippen LogP contribution in [-0.4, -0.2) is 23.3 Å². The summed E-state index contributed by atoms with van der Waals surface area (Å²) in [5, 5.41) is 5.22. The molecule has 0 atom stereocenters. The Morgan fingerprint density at radius 2 is 1.76 bits per heavy atom. The van der Waals surface area contributed by atoms with Gasteiger partial charge in [0, 0.05) is 5.69 Å². The molecule has 0 aliphatic rings. The molecule has 1 heterocycles. The number of nitrogens with zero attached hydrogens (tertiary/aromatic N) is 1. The summed E-state index contributed by atoms with van der Waals surface area (Å²) in [4.78, 5) is 27.6. The minimum absolute atomic E-state index is 0.0682. The fraction of sp³-hybridized carbons (Fsp3) is 0.188. The number of aromatic nitrogens is 1. The molecular formula is C16H17N3O2. The van der Waals surface area contributed by atoms with Gasteiger partial charge in [0.05, 0.1) is 13.0 Å². The fourth-order valence-electron chi connectivity index (χ4n) is 1.82. The lowest BCUT2D eigenvalue weighted by atomic mass is 10.1. The molecular weight excluding hydrogens is 266 g/mol. The highest BCUT2D eigenvalue weighted by molar-refractivity contribution is 5.94. The predicted octanol–water partition coefficient (Wildman–Crippen LogP) is 1.69. The number of pyridine rings is 1. The lowest BCUT2D eigenvalue weighted by molar-refractivity contribution is -0.123. The Morgan fingerprint density at radius 3 is 2.48 bits per heavy atom. The number of aryl methyl sites for hydroxylation is 1. The van der Waals surface area contributed by atoms with Crippen LogP contribution in [0.1, 0.15) is 11.3 Å². The van der Waals surface area contributed by atoms with Crippen molar-refractivity contribution in [2.24, 2.45) is 0 Å². The zero-order valence-electron chi connectivity index (χ0n) is 11.8. The molecule has 108 valence electrons. The van der Waals surface area contributed by atoms with Gasteiger partial charge in [-0.1, -0.05) is 36.4 Å². The summed E-state index contributed by atoms with van der Waals surface area (Å²) in [6, 6.07) is 14.7. The van der Waals surface area contributed by atoms with E-state index in [1.165, 1.54) is 0 Å². The van der Waals surface area contributed by atoms with Crippen molar-refractivity contribution in [1.29, 1.82) is 0 Å². The summed E-state index contributed by atoms with van der Waals surface area (Å²) < 4.78 is 0. The summed E-state index contributed by atoms with van der Waals surface area (Å²) in [5.41, 5.74) is 1.73. The van der Waals surface area contributed by atoms with Gasteiger partial charge in [0.25, 0.3) is 0 Å². The van der Waals surface area contributed by atoms with Crippen LogP contribution in [0.2, 0.25) is 0 Å². The third-order valence-electron chi connectivity index (χ3n) is 2.81. The van der Waals surface area contributed by atoms with Gasteiger partial charge >= 0.3 is 0 Å². The molecule has 1 aromatic carbocycles. The van der Waals surface area contributed by atoms with Gasteiger partial charge in [-0.05, 0) is 24.6 Å². The standard InChI is InChI=1S/C16H17N3O2/c1-12-6-5-9-14(18-12)19-16(21)11-17-15(20)10-13-7-3-2-4-8-13/h2-9H,10-11H2,1H3,(H,17,20)(H,18,19,21). The van der Waals surface area contributed by atoms with Crippen LogP contribution in [0.15, 0.2) is 48.5 Å². The maximum atomic E-state index is 11.7. The van der Waals surface area contributed by atoms with Crippen molar-refractivity contribution in [2.45, 2.75) is 13.3 Å². The number of anilines is 1. The van der Waals surface area contributed by atoms with Crippen LogP contribution in [0.4, 0.5) is 5.82 Å². The van der Waals surface area contributed by atoms with Gasteiger partial charge in [0.1, 0.15) is 5.82 Å². The van der Waals surface area contributed by atoms with E-state index in [1.54, 1.807) is 6.07 Å². The highest BCUT2D eigenvalue weighted by atomic mass is 16.2. The van der Waals surface area contributed by atoms with Crippen LogP contribution in [0.3, 0.4) is 0 Å². The highest BCUT2D eigenvalue weighted by Crippen LogP contribution is 2.03.